The zero-order valence-corrected chi connectivity index (χ0v) is 12.3. The lowest BCUT2D eigenvalue weighted by Gasteiger charge is -2.37. The SMILES string of the molecule is CCC1CN(C(C)CCNC(C)(C)C)CCO1. The van der Waals surface area contributed by atoms with Gasteiger partial charge in [0.25, 0.3) is 0 Å². The number of rotatable bonds is 5. The van der Waals surface area contributed by atoms with Crippen LogP contribution in [0, 0.1) is 0 Å². The molecular weight excluding hydrogens is 212 g/mol. The Bertz CT molecular complexity index is 213. The largest absolute Gasteiger partial charge is 0.376 e. The van der Waals surface area contributed by atoms with Crippen molar-refractivity contribution in [2.45, 2.75) is 65.1 Å². The first kappa shape index (κ1) is 14.9. The van der Waals surface area contributed by atoms with Gasteiger partial charge in [0.05, 0.1) is 12.7 Å². The zero-order chi connectivity index (χ0) is 12.9. The lowest BCUT2D eigenvalue weighted by molar-refractivity contribution is -0.0429. The van der Waals surface area contributed by atoms with Crippen LogP contribution in [0.15, 0.2) is 0 Å². The summed E-state index contributed by atoms with van der Waals surface area (Å²) < 4.78 is 5.71. The first-order valence-electron chi connectivity index (χ1n) is 7.03. The van der Waals surface area contributed by atoms with Crippen LogP contribution in [0.4, 0.5) is 0 Å². The predicted molar refractivity (Wildman–Crippen MR) is 73.4 cm³/mol. The van der Waals surface area contributed by atoms with E-state index in [9.17, 15) is 0 Å². The molecule has 3 heteroatoms. The summed E-state index contributed by atoms with van der Waals surface area (Å²) >= 11 is 0. The molecule has 102 valence electrons. The lowest BCUT2D eigenvalue weighted by atomic mass is 10.1. The summed E-state index contributed by atoms with van der Waals surface area (Å²) in [7, 11) is 0. The van der Waals surface area contributed by atoms with Crippen molar-refractivity contribution in [3.63, 3.8) is 0 Å². The smallest absolute Gasteiger partial charge is 0.0700 e. The maximum atomic E-state index is 5.71. The van der Waals surface area contributed by atoms with Gasteiger partial charge in [-0.3, -0.25) is 4.90 Å². The number of hydrogen-bond donors (Lipinski definition) is 1. The van der Waals surface area contributed by atoms with Crippen molar-refractivity contribution in [2.75, 3.05) is 26.2 Å². The van der Waals surface area contributed by atoms with Gasteiger partial charge in [0.1, 0.15) is 0 Å². The highest BCUT2D eigenvalue weighted by molar-refractivity contribution is 4.77. The molecule has 1 fully saturated rings. The van der Waals surface area contributed by atoms with Crippen LogP contribution in [0.1, 0.15) is 47.5 Å². The first-order valence-corrected chi connectivity index (χ1v) is 7.03. The molecule has 1 rings (SSSR count). The zero-order valence-electron chi connectivity index (χ0n) is 12.3. The van der Waals surface area contributed by atoms with Gasteiger partial charge in [0.2, 0.25) is 0 Å². The van der Waals surface area contributed by atoms with Crippen molar-refractivity contribution in [2.24, 2.45) is 0 Å². The van der Waals surface area contributed by atoms with Crippen molar-refractivity contribution >= 4 is 0 Å². The highest BCUT2D eigenvalue weighted by atomic mass is 16.5. The Hall–Kier alpha value is -0.120. The van der Waals surface area contributed by atoms with Crippen LogP contribution in [0.5, 0.6) is 0 Å². The Morgan fingerprint density at radius 1 is 1.41 bits per heavy atom. The van der Waals surface area contributed by atoms with Crippen LogP contribution in [-0.4, -0.2) is 48.8 Å². The average Bonchev–Trinajstić information content (AvgIpc) is 2.27. The lowest BCUT2D eigenvalue weighted by Crippen LogP contribution is -2.48. The molecule has 1 heterocycles. The maximum Gasteiger partial charge on any atom is 0.0700 e. The van der Waals surface area contributed by atoms with E-state index in [1.165, 1.54) is 6.42 Å². The average molecular weight is 242 g/mol. The van der Waals surface area contributed by atoms with Gasteiger partial charge in [0.15, 0.2) is 0 Å². The molecule has 2 unspecified atom stereocenters. The van der Waals surface area contributed by atoms with E-state index in [1.807, 2.05) is 0 Å². The normalized spacial score (nSPS) is 24.9. The van der Waals surface area contributed by atoms with Gasteiger partial charge in [-0.1, -0.05) is 6.92 Å². The van der Waals surface area contributed by atoms with Crippen molar-refractivity contribution in [1.29, 1.82) is 0 Å². The fourth-order valence-corrected chi connectivity index (χ4v) is 2.23. The summed E-state index contributed by atoms with van der Waals surface area (Å²) in [6, 6.07) is 0.655. The first-order chi connectivity index (χ1) is 7.92. The topological polar surface area (TPSA) is 24.5 Å². The van der Waals surface area contributed by atoms with E-state index in [2.05, 4.69) is 44.8 Å². The summed E-state index contributed by atoms with van der Waals surface area (Å²) in [4.78, 5) is 2.57. The highest BCUT2D eigenvalue weighted by Crippen LogP contribution is 2.13. The molecule has 1 aliphatic rings. The summed E-state index contributed by atoms with van der Waals surface area (Å²) in [5.41, 5.74) is 0.233. The van der Waals surface area contributed by atoms with Crippen LogP contribution in [-0.2, 0) is 4.74 Å². The van der Waals surface area contributed by atoms with Crippen molar-refractivity contribution < 1.29 is 4.74 Å². The Kier molecular flexibility index (Phi) is 5.90. The van der Waals surface area contributed by atoms with E-state index in [0.29, 0.717) is 12.1 Å². The van der Waals surface area contributed by atoms with Crippen molar-refractivity contribution in [3.05, 3.63) is 0 Å². The van der Waals surface area contributed by atoms with E-state index in [-0.39, 0.29) is 5.54 Å². The van der Waals surface area contributed by atoms with E-state index in [0.717, 1.165) is 32.7 Å². The van der Waals surface area contributed by atoms with Crippen LogP contribution < -0.4 is 5.32 Å². The van der Waals surface area contributed by atoms with Crippen LogP contribution in [0.25, 0.3) is 0 Å². The third-order valence-electron chi connectivity index (χ3n) is 3.47. The fourth-order valence-electron chi connectivity index (χ4n) is 2.23. The van der Waals surface area contributed by atoms with E-state index in [4.69, 9.17) is 4.74 Å². The van der Waals surface area contributed by atoms with Gasteiger partial charge >= 0.3 is 0 Å². The monoisotopic (exact) mass is 242 g/mol. The van der Waals surface area contributed by atoms with E-state index >= 15 is 0 Å². The van der Waals surface area contributed by atoms with Gasteiger partial charge < -0.3 is 10.1 Å². The van der Waals surface area contributed by atoms with Crippen LogP contribution in [0.3, 0.4) is 0 Å². The molecule has 1 aliphatic heterocycles. The minimum Gasteiger partial charge on any atom is -0.376 e. The van der Waals surface area contributed by atoms with Gasteiger partial charge in [-0.15, -0.1) is 0 Å². The number of ether oxygens (including phenoxy) is 1. The molecule has 0 saturated carbocycles. The number of morpholine rings is 1. The van der Waals surface area contributed by atoms with Gasteiger partial charge in [-0.2, -0.15) is 0 Å². The van der Waals surface area contributed by atoms with Gasteiger partial charge in [0, 0.05) is 24.7 Å². The molecule has 0 aromatic heterocycles. The summed E-state index contributed by atoms with van der Waals surface area (Å²) in [6.45, 7) is 15.4. The predicted octanol–water partition coefficient (Wildman–Crippen LogP) is 2.26. The molecule has 0 aliphatic carbocycles. The molecule has 0 aromatic rings. The molecular formula is C14H30N2O. The molecule has 0 radical (unpaired) electrons. The second-order valence-electron chi connectivity index (χ2n) is 6.21. The number of nitrogens with zero attached hydrogens (tertiary/aromatic N) is 1. The number of nitrogens with one attached hydrogen (secondary N) is 1. The third-order valence-corrected chi connectivity index (χ3v) is 3.47. The Balaban J connectivity index is 2.24. The minimum atomic E-state index is 0.233. The summed E-state index contributed by atoms with van der Waals surface area (Å²) in [5.74, 6) is 0. The molecule has 1 N–H and O–H groups in total. The molecule has 2 atom stereocenters. The second kappa shape index (κ2) is 6.72. The van der Waals surface area contributed by atoms with Crippen LogP contribution >= 0.6 is 0 Å². The molecule has 0 spiro atoms. The maximum absolute atomic E-state index is 5.71. The third kappa shape index (κ3) is 5.84. The minimum absolute atomic E-state index is 0.233. The van der Waals surface area contributed by atoms with Gasteiger partial charge in [-0.25, -0.2) is 0 Å². The van der Waals surface area contributed by atoms with Gasteiger partial charge in [-0.05, 0) is 47.1 Å². The highest BCUT2D eigenvalue weighted by Gasteiger charge is 2.22. The van der Waals surface area contributed by atoms with E-state index in [1.54, 1.807) is 0 Å². The quantitative estimate of drug-likeness (QED) is 0.800. The number of hydrogen-bond acceptors (Lipinski definition) is 3. The molecule has 3 nitrogen and oxygen atoms in total. The fraction of sp³-hybridized carbons (Fsp3) is 1.00. The van der Waals surface area contributed by atoms with Crippen LogP contribution in [0.2, 0.25) is 0 Å². The van der Waals surface area contributed by atoms with Crippen molar-refractivity contribution in [3.8, 4) is 0 Å². The molecule has 0 amide bonds. The molecule has 1 saturated heterocycles. The Labute approximate surface area is 107 Å². The van der Waals surface area contributed by atoms with Crippen molar-refractivity contribution in [1.82, 2.24) is 10.2 Å². The van der Waals surface area contributed by atoms with E-state index < -0.39 is 0 Å². The summed E-state index contributed by atoms with van der Waals surface area (Å²) in [6.07, 6.45) is 2.79. The Morgan fingerprint density at radius 3 is 2.71 bits per heavy atom. The molecule has 17 heavy (non-hydrogen) atoms. The molecule has 0 bridgehead atoms. The standard InChI is InChI=1S/C14H30N2O/c1-6-13-11-16(9-10-17-13)12(2)7-8-15-14(3,4)5/h12-13,15H,6-11H2,1-5H3. The summed E-state index contributed by atoms with van der Waals surface area (Å²) in [5, 5.41) is 3.56. The second-order valence-corrected chi connectivity index (χ2v) is 6.21. The Morgan fingerprint density at radius 2 is 2.12 bits per heavy atom. The molecule has 0 aromatic carbocycles.